The molecule has 0 spiro atoms. The van der Waals surface area contributed by atoms with Crippen LogP contribution < -0.4 is 10.2 Å². The van der Waals surface area contributed by atoms with E-state index in [0.29, 0.717) is 56.6 Å². The molecule has 0 aliphatic carbocycles. The molecule has 4 rings (SSSR count). The molecular weight excluding hydrogens is 470 g/mol. The molecule has 2 aromatic heterocycles. The van der Waals surface area contributed by atoms with E-state index in [2.05, 4.69) is 38.9 Å². The normalized spacial score (nSPS) is 16.8. The van der Waals surface area contributed by atoms with Gasteiger partial charge in [-0.3, -0.25) is 19.5 Å². The summed E-state index contributed by atoms with van der Waals surface area (Å²) in [5, 5.41) is 3.45. The fourth-order valence-corrected chi connectivity index (χ4v) is 4.70. The molecule has 4 heterocycles. The van der Waals surface area contributed by atoms with Crippen LogP contribution in [0, 0.1) is 0 Å². The summed E-state index contributed by atoms with van der Waals surface area (Å²) in [7, 11) is 0. The second kappa shape index (κ2) is 12.8. The Kier molecular flexibility index (Phi) is 9.29. The highest BCUT2D eigenvalue weighted by molar-refractivity contribution is 5.96. The van der Waals surface area contributed by atoms with Gasteiger partial charge in [-0.1, -0.05) is 0 Å². The number of amides is 2. The molecule has 37 heavy (non-hydrogen) atoms. The molecule has 2 aliphatic rings. The van der Waals surface area contributed by atoms with E-state index in [1.807, 2.05) is 28.9 Å². The first-order chi connectivity index (χ1) is 18.0. The van der Waals surface area contributed by atoms with Crippen molar-refractivity contribution in [2.24, 2.45) is 0 Å². The third-order valence-electron chi connectivity index (χ3n) is 6.74. The number of anilines is 2. The van der Waals surface area contributed by atoms with E-state index in [4.69, 9.17) is 4.74 Å². The van der Waals surface area contributed by atoms with Crippen molar-refractivity contribution in [2.45, 2.75) is 26.8 Å². The Bertz CT molecular complexity index is 1030. The summed E-state index contributed by atoms with van der Waals surface area (Å²) in [5.41, 5.74) is 1.89. The van der Waals surface area contributed by atoms with Gasteiger partial charge in [0.05, 0.1) is 17.9 Å². The number of ether oxygens (including phenoxy) is 1. The predicted molar refractivity (Wildman–Crippen MR) is 144 cm³/mol. The smallest absolute Gasteiger partial charge is 0.272 e. The molecule has 0 saturated carbocycles. The van der Waals surface area contributed by atoms with Crippen molar-refractivity contribution in [2.75, 3.05) is 82.3 Å². The molecule has 10 nitrogen and oxygen atoms in total. The SMILES string of the molecule is CCOCCN1CCN(C(=O)c2ccc(C(=O)N3CCN(c4ncccc4NC(C)C)CC3)nc2)CC1. The van der Waals surface area contributed by atoms with Crippen molar-refractivity contribution in [3.63, 3.8) is 0 Å². The third-order valence-corrected chi connectivity index (χ3v) is 6.74. The maximum Gasteiger partial charge on any atom is 0.272 e. The minimum atomic E-state index is -0.108. The maximum atomic E-state index is 13.1. The number of hydrogen-bond acceptors (Lipinski definition) is 8. The molecule has 0 aromatic carbocycles. The first kappa shape index (κ1) is 26.8. The van der Waals surface area contributed by atoms with E-state index in [9.17, 15) is 9.59 Å². The quantitative estimate of drug-likeness (QED) is 0.514. The van der Waals surface area contributed by atoms with E-state index in [-0.39, 0.29) is 11.8 Å². The highest BCUT2D eigenvalue weighted by Gasteiger charge is 2.26. The van der Waals surface area contributed by atoms with Gasteiger partial charge < -0.3 is 24.8 Å². The van der Waals surface area contributed by atoms with Crippen molar-refractivity contribution in [1.82, 2.24) is 24.7 Å². The van der Waals surface area contributed by atoms with Crippen molar-refractivity contribution in [3.05, 3.63) is 47.9 Å². The lowest BCUT2D eigenvalue weighted by molar-refractivity contribution is 0.0563. The van der Waals surface area contributed by atoms with Crippen LogP contribution in [0.5, 0.6) is 0 Å². The zero-order valence-corrected chi connectivity index (χ0v) is 22.2. The first-order valence-electron chi connectivity index (χ1n) is 13.3. The van der Waals surface area contributed by atoms with Crippen LogP contribution in [0.25, 0.3) is 0 Å². The highest BCUT2D eigenvalue weighted by Crippen LogP contribution is 2.25. The fraction of sp³-hybridized carbons (Fsp3) is 0.556. The molecule has 2 saturated heterocycles. The van der Waals surface area contributed by atoms with Crippen molar-refractivity contribution in [1.29, 1.82) is 0 Å². The van der Waals surface area contributed by atoms with Crippen LogP contribution >= 0.6 is 0 Å². The van der Waals surface area contributed by atoms with Crippen molar-refractivity contribution < 1.29 is 14.3 Å². The molecule has 2 fully saturated rings. The summed E-state index contributed by atoms with van der Waals surface area (Å²) in [5.74, 6) is 0.772. The van der Waals surface area contributed by atoms with Gasteiger partial charge in [-0.2, -0.15) is 0 Å². The summed E-state index contributed by atoms with van der Waals surface area (Å²) >= 11 is 0. The molecule has 2 aliphatic heterocycles. The number of carbonyl (C=O) groups is 2. The summed E-state index contributed by atoms with van der Waals surface area (Å²) in [6.45, 7) is 14.1. The Morgan fingerprint density at radius 3 is 2.30 bits per heavy atom. The monoisotopic (exact) mass is 509 g/mol. The standard InChI is InChI=1S/C27H39N7O3/c1-4-37-19-18-31-10-12-33(13-11-31)26(35)22-7-8-24(29-20-22)27(36)34-16-14-32(15-17-34)25-23(30-21(2)3)6-5-9-28-25/h5-9,20-21,30H,4,10-19H2,1-3H3. The summed E-state index contributed by atoms with van der Waals surface area (Å²) in [6, 6.07) is 7.66. The van der Waals surface area contributed by atoms with Crippen molar-refractivity contribution >= 4 is 23.3 Å². The van der Waals surface area contributed by atoms with E-state index in [0.717, 1.165) is 44.4 Å². The average Bonchev–Trinajstić information content (AvgIpc) is 2.93. The van der Waals surface area contributed by atoms with Gasteiger partial charge in [0.25, 0.3) is 11.8 Å². The molecule has 2 amide bonds. The van der Waals surface area contributed by atoms with Crippen LogP contribution in [0.15, 0.2) is 36.7 Å². The minimum absolute atomic E-state index is 0.0363. The first-order valence-corrected chi connectivity index (χ1v) is 13.3. The van der Waals surface area contributed by atoms with Gasteiger partial charge in [-0.25, -0.2) is 4.98 Å². The Morgan fingerprint density at radius 2 is 1.65 bits per heavy atom. The minimum Gasteiger partial charge on any atom is -0.380 e. The Balaban J connectivity index is 1.28. The average molecular weight is 510 g/mol. The molecule has 0 unspecified atom stereocenters. The Morgan fingerprint density at radius 1 is 0.946 bits per heavy atom. The Hall–Kier alpha value is -3.24. The van der Waals surface area contributed by atoms with Gasteiger partial charge in [0.2, 0.25) is 0 Å². The number of aromatic nitrogens is 2. The molecular formula is C27H39N7O3. The predicted octanol–water partition coefficient (Wildman–Crippen LogP) is 2.05. The lowest BCUT2D eigenvalue weighted by atomic mass is 10.2. The van der Waals surface area contributed by atoms with Crippen LogP contribution in [0.3, 0.4) is 0 Å². The summed E-state index contributed by atoms with van der Waals surface area (Å²) in [4.78, 5) is 43.2. The lowest BCUT2D eigenvalue weighted by Gasteiger charge is -2.36. The summed E-state index contributed by atoms with van der Waals surface area (Å²) < 4.78 is 5.43. The van der Waals surface area contributed by atoms with Gasteiger partial charge in [0.1, 0.15) is 5.69 Å². The number of piperazine rings is 2. The van der Waals surface area contributed by atoms with E-state index in [1.165, 1.54) is 6.20 Å². The van der Waals surface area contributed by atoms with Gasteiger partial charge in [0, 0.05) is 83.9 Å². The van der Waals surface area contributed by atoms with E-state index >= 15 is 0 Å². The Labute approximate surface area is 219 Å². The zero-order chi connectivity index (χ0) is 26.2. The number of nitrogens with zero attached hydrogens (tertiary/aromatic N) is 6. The lowest BCUT2D eigenvalue weighted by Crippen LogP contribution is -2.49. The van der Waals surface area contributed by atoms with Crippen LogP contribution in [0.4, 0.5) is 11.5 Å². The van der Waals surface area contributed by atoms with Gasteiger partial charge in [-0.15, -0.1) is 0 Å². The van der Waals surface area contributed by atoms with Crippen LogP contribution in [0.1, 0.15) is 41.6 Å². The second-order valence-corrected chi connectivity index (χ2v) is 9.72. The van der Waals surface area contributed by atoms with Gasteiger partial charge in [-0.05, 0) is 45.0 Å². The van der Waals surface area contributed by atoms with E-state index < -0.39 is 0 Å². The number of carbonyl (C=O) groups excluding carboxylic acids is 2. The number of rotatable bonds is 9. The van der Waals surface area contributed by atoms with E-state index in [1.54, 1.807) is 18.3 Å². The maximum absolute atomic E-state index is 13.1. The van der Waals surface area contributed by atoms with Crippen LogP contribution in [0.2, 0.25) is 0 Å². The molecule has 0 bridgehead atoms. The fourth-order valence-electron chi connectivity index (χ4n) is 4.70. The summed E-state index contributed by atoms with van der Waals surface area (Å²) in [6.07, 6.45) is 3.33. The molecule has 0 atom stereocenters. The molecule has 1 N–H and O–H groups in total. The zero-order valence-electron chi connectivity index (χ0n) is 22.2. The van der Waals surface area contributed by atoms with Gasteiger partial charge in [0.15, 0.2) is 5.82 Å². The molecule has 200 valence electrons. The topological polar surface area (TPSA) is 94.1 Å². The highest BCUT2D eigenvalue weighted by atomic mass is 16.5. The second-order valence-electron chi connectivity index (χ2n) is 9.72. The van der Waals surface area contributed by atoms with Gasteiger partial charge >= 0.3 is 0 Å². The number of pyridine rings is 2. The third kappa shape index (κ3) is 6.95. The largest absolute Gasteiger partial charge is 0.380 e. The van der Waals surface area contributed by atoms with Crippen LogP contribution in [-0.2, 0) is 4.74 Å². The van der Waals surface area contributed by atoms with Crippen molar-refractivity contribution in [3.8, 4) is 0 Å². The molecule has 10 heteroatoms. The molecule has 2 aromatic rings. The number of nitrogens with one attached hydrogen (secondary N) is 1. The molecule has 0 radical (unpaired) electrons. The number of hydrogen-bond donors (Lipinski definition) is 1. The van der Waals surface area contributed by atoms with Crippen LogP contribution in [-0.4, -0.2) is 115 Å².